The molecule has 8 heteroatoms. The zero-order chi connectivity index (χ0) is 26.2. The highest BCUT2D eigenvalue weighted by atomic mass is 32.1. The molecule has 0 radical (unpaired) electrons. The summed E-state index contributed by atoms with van der Waals surface area (Å²) < 4.78 is 12.2. The van der Waals surface area contributed by atoms with E-state index in [1.54, 1.807) is 31.2 Å². The number of ether oxygens (including phenoxy) is 2. The minimum absolute atomic E-state index is 0.0324. The van der Waals surface area contributed by atoms with Gasteiger partial charge in [-0.2, -0.15) is 0 Å². The van der Waals surface area contributed by atoms with E-state index in [0.29, 0.717) is 26.3 Å². The molecule has 1 aromatic heterocycles. The number of hydrogen-bond donors (Lipinski definition) is 0. The Morgan fingerprint density at radius 1 is 1.06 bits per heavy atom. The van der Waals surface area contributed by atoms with Crippen LogP contribution in [0, 0.1) is 0 Å². The fourth-order valence-electron chi connectivity index (χ4n) is 4.12. The van der Waals surface area contributed by atoms with Crippen molar-refractivity contribution in [2.24, 2.45) is 4.99 Å². The second kappa shape index (κ2) is 9.70. The summed E-state index contributed by atoms with van der Waals surface area (Å²) in [4.78, 5) is 42.8. The first-order valence-corrected chi connectivity index (χ1v) is 12.3. The van der Waals surface area contributed by atoms with Gasteiger partial charge in [0.2, 0.25) is 0 Å². The van der Waals surface area contributed by atoms with E-state index in [9.17, 15) is 14.4 Å². The van der Waals surface area contributed by atoms with Crippen LogP contribution in [-0.4, -0.2) is 23.6 Å². The predicted octanol–water partition coefficient (Wildman–Crippen LogP) is 3.63. The van der Waals surface area contributed by atoms with Crippen molar-refractivity contribution < 1.29 is 19.1 Å². The first-order valence-electron chi connectivity index (χ1n) is 11.5. The predicted molar refractivity (Wildman–Crippen MR) is 139 cm³/mol. The Morgan fingerprint density at radius 2 is 1.69 bits per heavy atom. The Labute approximate surface area is 213 Å². The van der Waals surface area contributed by atoms with Crippen molar-refractivity contribution in [1.29, 1.82) is 0 Å². The Morgan fingerprint density at radius 3 is 2.25 bits per heavy atom. The van der Waals surface area contributed by atoms with Gasteiger partial charge >= 0.3 is 11.9 Å². The molecule has 2 aromatic carbocycles. The number of hydrogen-bond acceptors (Lipinski definition) is 7. The van der Waals surface area contributed by atoms with Gasteiger partial charge in [0.15, 0.2) is 4.80 Å². The zero-order valence-electron chi connectivity index (χ0n) is 21.1. The lowest BCUT2D eigenvalue weighted by atomic mass is 9.87. The lowest BCUT2D eigenvalue weighted by Gasteiger charge is -2.24. The van der Waals surface area contributed by atoms with Gasteiger partial charge in [-0.3, -0.25) is 14.2 Å². The highest BCUT2D eigenvalue weighted by molar-refractivity contribution is 7.07. The lowest BCUT2D eigenvalue weighted by molar-refractivity contribution is -0.136. The van der Waals surface area contributed by atoms with Gasteiger partial charge in [0.25, 0.3) is 5.56 Å². The molecule has 0 bridgehead atoms. The highest BCUT2D eigenvalue weighted by Gasteiger charge is 2.33. The third-order valence-corrected chi connectivity index (χ3v) is 6.94. The first kappa shape index (κ1) is 25.3. The van der Waals surface area contributed by atoms with E-state index in [2.05, 4.69) is 37.9 Å². The zero-order valence-corrected chi connectivity index (χ0v) is 21.9. The molecular weight excluding hydrogens is 476 g/mol. The van der Waals surface area contributed by atoms with E-state index < -0.39 is 18.0 Å². The molecule has 186 valence electrons. The molecule has 0 spiro atoms. The average Bonchev–Trinajstić information content (AvgIpc) is 3.12. The second-order valence-electron chi connectivity index (χ2n) is 9.61. The fourth-order valence-corrected chi connectivity index (χ4v) is 5.17. The first-order chi connectivity index (χ1) is 17.0. The number of allylic oxidation sites excluding steroid dienone is 1. The van der Waals surface area contributed by atoms with Crippen molar-refractivity contribution in [2.75, 3.05) is 7.11 Å². The summed E-state index contributed by atoms with van der Waals surface area (Å²) in [5.74, 6) is -0.618. The average molecular weight is 505 g/mol. The van der Waals surface area contributed by atoms with E-state index in [1.807, 2.05) is 18.2 Å². The number of nitrogens with zero attached hydrogens (tertiary/aromatic N) is 2. The molecule has 4 rings (SSSR count). The van der Waals surface area contributed by atoms with Crippen LogP contribution in [-0.2, 0) is 19.7 Å². The van der Waals surface area contributed by atoms with Crippen molar-refractivity contribution in [1.82, 2.24) is 4.57 Å². The monoisotopic (exact) mass is 504 g/mol. The molecule has 7 nitrogen and oxygen atoms in total. The lowest BCUT2D eigenvalue weighted by Crippen LogP contribution is -2.39. The standard InChI is InChI=1S/C28H28N2O5S/c1-16-23(26(33)34-6)24(19-9-13-21(14-10-19)35-17(2)31)30-25(32)22(36-27(30)29-16)15-18-7-11-20(12-8-18)28(3,4)5/h7-15,24H,1-6H3/t24-/m1/s1. The van der Waals surface area contributed by atoms with Gasteiger partial charge in [-0.05, 0) is 47.2 Å². The van der Waals surface area contributed by atoms with Crippen molar-refractivity contribution in [3.63, 3.8) is 0 Å². The van der Waals surface area contributed by atoms with Crippen molar-refractivity contribution >= 4 is 29.4 Å². The maximum atomic E-state index is 13.6. The summed E-state index contributed by atoms with van der Waals surface area (Å²) in [6.07, 6.45) is 1.84. The largest absolute Gasteiger partial charge is 0.466 e. The number of esters is 2. The molecule has 1 aliphatic heterocycles. The SMILES string of the molecule is COC(=O)C1=C(C)N=c2sc(=Cc3ccc(C(C)(C)C)cc3)c(=O)n2[C@@H]1c1ccc(OC(C)=O)cc1. The molecule has 1 aliphatic rings. The van der Waals surface area contributed by atoms with Gasteiger partial charge in [-0.15, -0.1) is 0 Å². The Hall–Kier alpha value is -3.78. The number of methoxy groups -OCH3 is 1. The molecular formula is C28H28N2O5S. The summed E-state index contributed by atoms with van der Waals surface area (Å²) in [6.45, 7) is 9.51. The van der Waals surface area contributed by atoms with Gasteiger partial charge < -0.3 is 9.47 Å². The molecule has 36 heavy (non-hydrogen) atoms. The summed E-state index contributed by atoms with van der Waals surface area (Å²) in [5.41, 5.74) is 3.33. The summed E-state index contributed by atoms with van der Waals surface area (Å²) in [5, 5.41) is 0. The maximum absolute atomic E-state index is 13.6. The topological polar surface area (TPSA) is 87.0 Å². The smallest absolute Gasteiger partial charge is 0.338 e. The van der Waals surface area contributed by atoms with E-state index >= 15 is 0 Å². The number of fused-ring (bicyclic) bond motifs is 1. The fraction of sp³-hybridized carbons (Fsp3) is 0.286. The van der Waals surface area contributed by atoms with Crippen LogP contribution in [0.2, 0.25) is 0 Å². The van der Waals surface area contributed by atoms with Crippen LogP contribution in [0.3, 0.4) is 0 Å². The molecule has 0 amide bonds. The molecule has 1 atom stereocenters. The number of rotatable bonds is 4. The summed E-state index contributed by atoms with van der Waals surface area (Å²) in [6, 6.07) is 14.1. The Balaban J connectivity index is 1.86. The van der Waals surface area contributed by atoms with Crippen molar-refractivity contribution in [3.8, 4) is 5.75 Å². The quantitative estimate of drug-likeness (QED) is 0.400. The van der Waals surface area contributed by atoms with Crippen LogP contribution in [0.15, 0.2) is 69.6 Å². The molecule has 0 aliphatic carbocycles. The number of carbonyl (C=O) groups is 2. The van der Waals surface area contributed by atoms with E-state index in [4.69, 9.17) is 9.47 Å². The number of carbonyl (C=O) groups excluding carboxylic acids is 2. The number of benzene rings is 2. The third kappa shape index (κ3) is 4.95. The maximum Gasteiger partial charge on any atom is 0.338 e. The Bertz CT molecular complexity index is 1540. The molecule has 0 saturated heterocycles. The molecule has 2 heterocycles. The Kier molecular flexibility index (Phi) is 6.82. The minimum atomic E-state index is -0.731. The van der Waals surface area contributed by atoms with Gasteiger partial charge in [0.1, 0.15) is 5.75 Å². The summed E-state index contributed by atoms with van der Waals surface area (Å²) in [7, 11) is 1.30. The van der Waals surface area contributed by atoms with Crippen LogP contribution < -0.4 is 19.6 Å². The van der Waals surface area contributed by atoms with Gasteiger partial charge in [0.05, 0.1) is 29.0 Å². The molecule has 0 fully saturated rings. The van der Waals surface area contributed by atoms with E-state index in [-0.39, 0.29) is 16.5 Å². The minimum Gasteiger partial charge on any atom is -0.466 e. The molecule has 3 aromatic rings. The van der Waals surface area contributed by atoms with Crippen molar-refractivity contribution in [3.05, 3.63) is 96.2 Å². The van der Waals surface area contributed by atoms with Crippen molar-refractivity contribution in [2.45, 2.75) is 46.1 Å². The highest BCUT2D eigenvalue weighted by Crippen LogP contribution is 2.31. The molecule has 0 N–H and O–H groups in total. The number of aromatic nitrogens is 1. The van der Waals surface area contributed by atoms with Crippen LogP contribution >= 0.6 is 11.3 Å². The van der Waals surface area contributed by atoms with Gasteiger partial charge in [0, 0.05) is 6.92 Å². The number of thiazole rings is 1. The van der Waals surface area contributed by atoms with E-state index in [0.717, 1.165) is 5.56 Å². The van der Waals surface area contributed by atoms with Crippen LogP contribution in [0.25, 0.3) is 6.08 Å². The molecule has 0 unspecified atom stereocenters. The molecule has 0 saturated carbocycles. The summed E-state index contributed by atoms with van der Waals surface area (Å²) >= 11 is 1.27. The van der Waals surface area contributed by atoms with Crippen LogP contribution in [0.4, 0.5) is 0 Å². The normalized spacial score (nSPS) is 15.8. The van der Waals surface area contributed by atoms with Crippen LogP contribution in [0.5, 0.6) is 5.75 Å². The third-order valence-electron chi connectivity index (χ3n) is 5.96. The van der Waals surface area contributed by atoms with Gasteiger partial charge in [-0.25, -0.2) is 9.79 Å². The van der Waals surface area contributed by atoms with Crippen LogP contribution in [0.1, 0.15) is 57.4 Å². The second-order valence-corrected chi connectivity index (χ2v) is 10.6. The van der Waals surface area contributed by atoms with Gasteiger partial charge in [-0.1, -0.05) is 68.5 Å². The van der Waals surface area contributed by atoms with E-state index in [1.165, 1.54) is 35.5 Å².